The predicted molar refractivity (Wildman–Crippen MR) is 208 cm³/mol. The zero-order valence-corrected chi connectivity index (χ0v) is 29.1. The van der Waals surface area contributed by atoms with Gasteiger partial charge in [-0.25, -0.2) is 0 Å². The van der Waals surface area contributed by atoms with Gasteiger partial charge in [0.25, 0.3) is 0 Å². The molecule has 0 bridgehead atoms. The molecule has 0 saturated heterocycles. The summed E-state index contributed by atoms with van der Waals surface area (Å²) in [5, 5.41) is 14.9. The van der Waals surface area contributed by atoms with Crippen LogP contribution in [0.2, 0.25) is 0 Å². The summed E-state index contributed by atoms with van der Waals surface area (Å²) < 4.78 is 26.5. The minimum atomic E-state index is -1.11. The maximum atomic E-state index is 10.6. The van der Waals surface area contributed by atoms with E-state index in [1.165, 1.54) is 0 Å². The minimum absolute atomic E-state index is 0.777. The van der Waals surface area contributed by atoms with Gasteiger partial charge in [0.1, 0.15) is 23.0 Å². The Bertz CT molecular complexity index is 2440. The normalized spacial score (nSPS) is 11.0. The van der Waals surface area contributed by atoms with Crippen molar-refractivity contribution in [1.82, 2.24) is 9.13 Å². The summed E-state index contributed by atoms with van der Waals surface area (Å²) in [4.78, 5) is 0. The molecule has 2 heterocycles. The third kappa shape index (κ3) is 5.80. The van der Waals surface area contributed by atoms with Crippen molar-refractivity contribution in [3.05, 3.63) is 132 Å². The third-order valence-corrected chi connectivity index (χ3v) is 9.32. The highest BCUT2D eigenvalue weighted by atomic mass is 16.5. The van der Waals surface area contributed by atoms with E-state index in [1.54, 1.807) is 28.4 Å². The van der Waals surface area contributed by atoms with Crippen LogP contribution in [0.25, 0.3) is 55.0 Å². The maximum absolute atomic E-state index is 10.6. The number of nitrogens with zero attached hydrogens (tertiary/aromatic N) is 2. The van der Waals surface area contributed by atoms with Crippen LogP contribution in [-0.4, -0.2) is 48.8 Å². The van der Waals surface area contributed by atoms with Crippen LogP contribution in [-0.2, 0) is 0 Å². The highest BCUT2D eigenvalue weighted by Gasteiger charge is 2.16. The van der Waals surface area contributed by atoms with Crippen molar-refractivity contribution in [3.8, 4) is 58.1 Å². The molecular formula is C45H34N2O5. The Labute approximate surface area is 301 Å². The van der Waals surface area contributed by atoms with E-state index in [0.717, 1.165) is 89.1 Å². The highest BCUT2D eigenvalue weighted by Crippen LogP contribution is 2.37. The number of aliphatic hydroxyl groups is 1. The summed E-state index contributed by atoms with van der Waals surface area (Å²) in [5.41, 5.74) is 7.75. The van der Waals surface area contributed by atoms with Gasteiger partial charge in [-0.1, -0.05) is 23.7 Å². The molecule has 254 valence electrons. The zero-order valence-electron chi connectivity index (χ0n) is 29.1. The lowest BCUT2D eigenvalue weighted by Gasteiger charge is -2.09. The molecule has 0 atom stereocenters. The van der Waals surface area contributed by atoms with Gasteiger partial charge in [0.15, 0.2) is 6.10 Å². The van der Waals surface area contributed by atoms with Crippen LogP contribution in [0.3, 0.4) is 0 Å². The molecule has 6 aromatic carbocycles. The molecule has 8 aromatic rings. The SMILES string of the molecule is COc1ccc2c(c1)c1cc(OC)ccc1n2-c1ccc(C#CC(O)C#Cc2ccc(-n3c4ccc(OC)cc4c4cc(OC)ccc43)cc2)cc1. The van der Waals surface area contributed by atoms with Gasteiger partial charge < -0.3 is 33.2 Å². The van der Waals surface area contributed by atoms with Gasteiger partial charge in [0, 0.05) is 44.0 Å². The number of methoxy groups -OCH3 is 4. The third-order valence-electron chi connectivity index (χ3n) is 9.32. The number of aromatic nitrogens is 2. The highest BCUT2D eigenvalue weighted by molar-refractivity contribution is 6.11. The van der Waals surface area contributed by atoms with Crippen LogP contribution in [0, 0.1) is 23.7 Å². The van der Waals surface area contributed by atoms with Crippen molar-refractivity contribution in [2.75, 3.05) is 28.4 Å². The maximum Gasteiger partial charge on any atom is 0.177 e. The lowest BCUT2D eigenvalue weighted by atomic mass is 10.1. The molecule has 0 fully saturated rings. The van der Waals surface area contributed by atoms with Gasteiger partial charge in [-0.05, 0) is 121 Å². The molecular weight excluding hydrogens is 649 g/mol. The second-order valence-corrected chi connectivity index (χ2v) is 12.2. The Hall–Kier alpha value is -6.80. The predicted octanol–water partition coefficient (Wildman–Crippen LogP) is 8.68. The van der Waals surface area contributed by atoms with Crippen molar-refractivity contribution in [2.45, 2.75) is 6.10 Å². The molecule has 8 rings (SSSR count). The lowest BCUT2D eigenvalue weighted by Crippen LogP contribution is -1.98. The Morgan fingerprint density at radius 1 is 0.423 bits per heavy atom. The molecule has 0 aliphatic carbocycles. The Kier molecular flexibility index (Phi) is 8.41. The topological polar surface area (TPSA) is 67.0 Å². The van der Waals surface area contributed by atoms with Crippen LogP contribution in [0.5, 0.6) is 23.0 Å². The second-order valence-electron chi connectivity index (χ2n) is 12.2. The van der Waals surface area contributed by atoms with Gasteiger partial charge in [0.05, 0.1) is 50.5 Å². The summed E-state index contributed by atoms with van der Waals surface area (Å²) in [5.74, 6) is 15.1. The van der Waals surface area contributed by atoms with Crippen LogP contribution in [0.4, 0.5) is 0 Å². The van der Waals surface area contributed by atoms with Crippen LogP contribution < -0.4 is 18.9 Å². The van der Waals surface area contributed by atoms with E-state index in [9.17, 15) is 5.11 Å². The number of benzene rings is 6. The number of fused-ring (bicyclic) bond motifs is 6. The monoisotopic (exact) mass is 682 g/mol. The molecule has 7 heteroatoms. The summed E-state index contributed by atoms with van der Waals surface area (Å²) >= 11 is 0. The minimum Gasteiger partial charge on any atom is -0.497 e. The quantitative estimate of drug-likeness (QED) is 0.178. The Morgan fingerprint density at radius 2 is 0.712 bits per heavy atom. The largest absolute Gasteiger partial charge is 0.497 e. The Balaban J connectivity index is 1.03. The summed E-state index contributed by atoms with van der Waals surface area (Å²) in [6, 6.07) is 40.2. The van der Waals surface area contributed by atoms with Crippen LogP contribution >= 0.6 is 0 Å². The molecule has 0 spiro atoms. The zero-order chi connectivity index (χ0) is 35.8. The average Bonchev–Trinajstić information content (AvgIpc) is 3.70. The van der Waals surface area contributed by atoms with Crippen LogP contribution in [0.1, 0.15) is 11.1 Å². The first-order valence-corrected chi connectivity index (χ1v) is 16.7. The summed E-state index contributed by atoms with van der Waals surface area (Å²) in [7, 11) is 6.69. The van der Waals surface area contributed by atoms with E-state index in [2.05, 4.69) is 57.1 Å². The molecule has 0 radical (unpaired) electrons. The fraction of sp³-hybridized carbons (Fsp3) is 0.111. The molecule has 1 N–H and O–H groups in total. The number of aliphatic hydroxyl groups excluding tert-OH is 1. The van der Waals surface area contributed by atoms with Crippen molar-refractivity contribution in [3.63, 3.8) is 0 Å². The molecule has 0 aliphatic heterocycles. The van der Waals surface area contributed by atoms with E-state index < -0.39 is 6.10 Å². The molecule has 2 aromatic heterocycles. The smallest absolute Gasteiger partial charge is 0.177 e. The van der Waals surface area contributed by atoms with E-state index in [4.69, 9.17) is 18.9 Å². The number of hydrogen-bond acceptors (Lipinski definition) is 5. The Morgan fingerprint density at radius 3 is 0.981 bits per heavy atom. The molecule has 0 aliphatic rings. The van der Waals surface area contributed by atoms with Crippen molar-refractivity contribution >= 4 is 43.6 Å². The fourth-order valence-corrected chi connectivity index (χ4v) is 6.75. The lowest BCUT2D eigenvalue weighted by molar-refractivity contribution is 0.289. The number of ether oxygens (including phenoxy) is 4. The van der Waals surface area contributed by atoms with Gasteiger partial charge in [-0.3, -0.25) is 0 Å². The van der Waals surface area contributed by atoms with Gasteiger partial charge in [-0.15, -0.1) is 0 Å². The van der Waals surface area contributed by atoms with Crippen LogP contribution in [0.15, 0.2) is 121 Å². The second kappa shape index (κ2) is 13.5. The fourth-order valence-electron chi connectivity index (χ4n) is 6.75. The molecule has 7 nitrogen and oxygen atoms in total. The molecule has 0 unspecified atom stereocenters. The standard InChI is InChI=1S/C45H34N2O5/c1-49-34-17-21-42-38(25-34)39-26-35(50-2)18-22-43(39)46(42)31-11-5-29(6-12-31)9-15-33(48)16-10-30-7-13-32(14-8-30)47-44-23-19-36(51-3)27-40(44)41-28-37(52-4)20-24-45(41)47/h5-8,11-14,17-28,33,48H,1-4H3. The molecule has 0 saturated carbocycles. The average molecular weight is 683 g/mol. The van der Waals surface area contributed by atoms with Gasteiger partial charge in [-0.2, -0.15) is 0 Å². The number of rotatable bonds is 6. The number of hydrogen-bond donors (Lipinski definition) is 1. The van der Waals surface area contributed by atoms with Crippen molar-refractivity contribution < 1.29 is 24.1 Å². The van der Waals surface area contributed by atoms with Gasteiger partial charge in [0.2, 0.25) is 0 Å². The van der Waals surface area contributed by atoms with Crippen molar-refractivity contribution in [2.24, 2.45) is 0 Å². The first-order chi connectivity index (χ1) is 25.5. The van der Waals surface area contributed by atoms with E-state index in [1.807, 2.05) is 97.1 Å². The van der Waals surface area contributed by atoms with E-state index in [-0.39, 0.29) is 0 Å². The molecule has 0 amide bonds. The summed E-state index contributed by atoms with van der Waals surface area (Å²) in [6.45, 7) is 0. The van der Waals surface area contributed by atoms with E-state index in [0.29, 0.717) is 0 Å². The molecule has 52 heavy (non-hydrogen) atoms. The summed E-state index contributed by atoms with van der Waals surface area (Å²) in [6.07, 6.45) is -1.11. The first kappa shape index (κ1) is 32.4. The first-order valence-electron chi connectivity index (χ1n) is 16.7. The van der Waals surface area contributed by atoms with E-state index >= 15 is 0 Å². The van der Waals surface area contributed by atoms with Crippen molar-refractivity contribution in [1.29, 1.82) is 0 Å². The van der Waals surface area contributed by atoms with Gasteiger partial charge >= 0.3 is 0 Å².